The molecule has 2 amide bonds. The van der Waals surface area contributed by atoms with Gasteiger partial charge in [-0.3, -0.25) is 4.98 Å². The van der Waals surface area contributed by atoms with Crippen LogP contribution in [0.2, 0.25) is 0 Å². The number of urea groups is 1. The summed E-state index contributed by atoms with van der Waals surface area (Å²) in [5.74, 6) is 0. The highest BCUT2D eigenvalue weighted by atomic mass is 32.2. The first-order chi connectivity index (χ1) is 10.4. The van der Waals surface area contributed by atoms with Crippen molar-refractivity contribution >= 4 is 21.7 Å². The van der Waals surface area contributed by atoms with E-state index < -0.39 is 16.1 Å². The van der Waals surface area contributed by atoms with Gasteiger partial charge in [0.05, 0.1) is 4.90 Å². The van der Waals surface area contributed by atoms with Crippen molar-refractivity contribution in [3.8, 4) is 0 Å². The summed E-state index contributed by atoms with van der Waals surface area (Å²) in [5.41, 5.74) is 1.22. The first kappa shape index (κ1) is 15.9. The monoisotopic (exact) mass is 320 g/mol. The normalized spacial score (nSPS) is 11.0. The first-order valence-corrected chi connectivity index (χ1v) is 8.07. The molecule has 0 aliphatic heterocycles. The Balaban J connectivity index is 1.87. The topological polar surface area (TPSA) is 114 Å². The summed E-state index contributed by atoms with van der Waals surface area (Å²) in [6, 6.07) is 10.9. The Morgan fingerprint density at radius 1 is 1.18 bits per heavy atom. The zero-order chi connectivity index (χ0) is 16.0. The molecular formula is C14H16N4O3S. The van der Waals surface area contributed by atoms with E-state index in [1.165, 1.54) is 18.2 Å². The molecule has 0 saturated heterocycles. The number of hydrogen-bond donors (Lipinski definition) is 3. The lowest BCUT2D eigenvalue weighted by molar-refractivity contribution is 0.252. The molecule has 0 atom stereocenters. The summed E-state index contributed by atoms with van der Waals surface area (Å²) < 4.78 is 22.5. The average Bonchev–Trinajstić information content (AvgIpc) is 2.48. The molecule has 0 bridgehead atoms. The Kier molecular flexibility index (Phi) is 5.08. The van der Waals surface area contributed by atoms with Crippen LogP contribution in [0.1, 0.15) is 5.69 Å². The minimum absolute atomic E-state index is 0.0567. The lowest BCUT2D eigenvalue weighted by Gasteiger charge is -2.08. The van der Waals surface area contributed by atoms with Crippen LogP contribution in [0.15, 0.2) is 53.6 Å². The predicted molar refractivity (Wildman–Crippen MR) is 82.8 cm³/mol. The van der Waals surface area contributed by atoms with Gasteiger partial charge in [0.2, 0.25) is 10.0 Å². The second kappa shape index (κ2) is 7.01. The second-order valence-electron chi connectivity index (χ2n) is 4.52. The maximum Gasteiger partial charge on any atom is 0.319 e. The number of nitrogens with one attached hydrogen (secondary N) is 2. The van der Waals surface area contributed by atoms with E-state index in [-0.39, 0.29) is 4.90 Å². The fraction of sp³-hybridized carbons (Fsp3) is 0.143. The number of nitrogens with two attached hydrogens (primary N) is 1. The fourth-order valence-electron chi connectivity index (χ4n) is 1.78. The molecule has 0 fully saturated rings. The molecular weight excluding hydrogens is 304 g/mol. The Morgan fingerprint density at radius 2 is 2.00 bits per heavy atom. The van der Waals surface area contributed by atoms with E-state index in [4.69, 9.17) is 5.14 Å². The van der Waals surface area contributed by atoms with Gasteiger partial charge >= 0.3 is 6.03 Å². The molecule has 1 aromatic carbocycles. The molecule has 0 spiro atoms. The van der Waals surface area contributed by atoms with Crippen LogP contribution in [-0.2, 0) is 16.4 Å². The first-order valence-electron chi connectivity index (χ1n) is 6.53. The third kappa shape index (κ3) is 4.83. The van der Waals surface area contributed by atoms with Gasteiger partial charge in [-0.1, -0.05) is 12.1 Å². The molecule has 0 saturated carbocycles. The third-order valence-corrected chi connectivity index (χ3v) is 3.72. The third-order valence-electron chi connectivity index (χ3n) is 2.81. The zero-order valence-electron chi connectivity index (χ0n) is 11.7. The number of benzene rings is 1. The highest BCUT2D eigenvalue weighted by Gasteiger charge is 2.09. The largest absolute Gasteiger partial charge is 0.337 e. The van der Waals surface area contributed by atoms with Crippen molar-refractivity contribution in [2.24, 2.45) is 5.14 Å². The minimum Gasteiger partial charge on any atom is -0.337 e. The van der Waals surface area contributed by atoms with Crippen molar-refractivity contribution in [2.45, 2.75) is 11.3 Å². The van der Waals surface area contributed by atoms with Gasteiger partial charge in [-0.2, -0.15) is 0 Å². The van der Waals surface area contributed by atoms with Crippen molar-refractivity contribution in [2.75, 3.05) is 11.9 Å². The molecule has 4 N–H and O–H groups in total. The predicted octanol–water partition coefficient (Wildman–Crippen LogP) is 1.09. The number of carbonyl (C=O) groups excluding carboxylic acids is 1. The second-order valence-corrected chi connectivity index (χ2v) is 6.09. The average molecular weight is 320 g/mol. The molecule has 2 rings (SSSR count). The minimum atomic E-state index is -3.79. The van der Waals surface area contributed by atoms with Crippen LogP contribution in [0.25, 0.3) is 0 Å². The van der Waals surface area contributed by atoms with Gasteiger partial charge in [0, 0.05) is 30.5 Å². The van der Waals surface area contributed by atoms with E-state index in [2.05, 4.69) is 15.6 Å². The fourth-order valence-corrected chi connectivity index (χ4v) is 2.34. The van der Waals surface area contributed by atoms with E-state index in [9.17, 15) is 13.2 Å². The van der Waals surface area contributed by atoms with Crippen LogP contribution in [0.3, 0.4) is 0 Å². The summed E-state index contributed by atoms with van der Waals surface area (Å²) in [6.45, 7) is 0.414. The highest BCUT2D eigenvalue weighted by Crippen LogP contribution is 2.13. The quantitative estimate of drug-likeness (QED) is 0.765. The number of carbonyl (C=O) groups is 1. The number of hydrogen-bond acceptors (Lipinski definition) is 4. The number of anilines is 1. The smallest absolute Gasteiger partial charge is 0.319 e. The molecule has 8 heteroatoms. The van der Waals surface area contributed by atoms with Gasteiger partial charge in [-0.05, 0) is 30.3 Å². The number of sulfonamides is 1. The molecule has 1 heterocycles. The highest BCUT2D eigenvalue weighted by molar-refractivity contribution is 7.89. The summed E-state index contributed by atoms with van der Waals surface area (Å²) in [7, 11) is -3.79. The molecule has 7 nitrogen and oxygen atoms in total. The Labute approximate surface area is 128 Å². The van der Waals surface area contributed by atoms with Gasteiger partial charge < -0.3 is 10.6 Å². The van der Waals surface area contributed by atoms with Gasteiger partial charge in [0.25, 0.3) is 0 Å². The van der Waals surface area contributed by atoms with Crippen molar-refractivity contribution in [3.63, 3.8) is 0 Å². The maximum absolute atomic E-state index is 11.7. The van der Waals surface area contributed by atoms with E-state index in [0.29, 0.717) is 18.7 Å². The van der Waals surface area contributed by atoms with E-state index in [1.54, 1.807) is 12.3 Å². The Bertz CT molecular complexity index is 748. The number of rotatable bonds is 5. The molecule has 2 aromatic rings. The standard InChI is InChI=1S/C14H16N4O3S/c15-22(20,21)13-6-3-5-12(10-13)18-14(19)17-9-7-11-4-1-2-8-16-11/h1-6,8,10H,7,9H2,(H2,15,20,21)(H2,17,18,19). The van der Waals surface area contributed by atoms with Crippen LogP contribution in [0, 0.1) is 0 Å². The van der Waals surface area contributed by atoms with Crippen molar-refractivity contribution < 1.29 is 13.2 Å². The number of amides is 2. The zero-order valence-corrected chi connectivity index (χ0v) is 12.5. The van der Waals surface area contributed by atoms with E-state index in [1.807, 2.05) is 18.2 Å². The van der Waals surface area contributed by atoms with E-state index in [0.717, 1.165) is 5.69 Å². The van der Waals surface area contributed by atoms with Gasteiger partial charge in [-0.15, -0.1) is 0 Å². The summed E-state index contributed by atoms with van der Waals surface area (Å²) >= 11 is 0. The molecule has 0 unspecified atom stereocenters. The van der Waals surface area contributed by atoms with Crippen LogP contribution in [-0.4, -0.2) is 26.0 Å². The number of nitrogens with zero attached hydrogens (tertiary/aromatic N) is 1. The van der Waals surface area contributed by atoms with E-state index >= 15 is 0 Å². The molecule has 116 valence electrons. The van der Waals surface area contributed by atoms with Crippen molar-refractivity contribution in [3.05, 3.63) is 54.4 Å². The Morgan fingerprint density at radius 3 is 2.68 bits per heavy atom. The van der Waals surface area contributed by atoms with Crippen molar-refractivity contribution in [1.82, 2.24) is 10.3 Å². The summed E-state index contributed by atoms with van der Waals surface area (Å²) in [5, 5.41) is 10.3. The lowest BCUT2D eigenvalue weighted by Crippen LogP contribution is -2.30. The Hall–Kier alpha value is -2.45. The maximum atomic E-state index is 11.7. The lowest BCUT2D eigenvalue weighted by atomic mass is 10.3. The van der Waals surface area contributed by atoms with Crippen LogP contribution < -0.4 is 15.8 Å². The van der Waals surface area contributed by atoms with Gasteiger partial charge in [0.15, 0.2) is 0 Å². The molecule has 1 aromatic heterocycles. The number of aromatic nitrogens is 1. The molecule has 0 aliphatic carbocycles. The molecule has 0 aliphatic rings. The molecule has 22 heavy (non-hydrogen) atoms. The van der Waals surface area contributed by atoms with Crippen LogP contribution >= 0.6 is 0 Å². The van der Waals surface area contributed by atoms with Crippen molar-refractivity contribution in [1.29, 1.82) is 0 Å². The number of pyridine rings is 1. The SMILES string of the molecule is NS(=O)(=O)c1cccc(NC(=O)NCCc2ccccn2)c1. The number of primary sulfonamides is 1. The van der Waals surface area contributed by atoms with Gasteiger partial charge in [-0.25, -0.2) is 18.4 Å². The summed E-state index contributed by atoms with van der Waals surface area (Å²) in [6.07, 6.45) is 2.29. The molecule has 0 radical (unpaired) electrons. The summed E-state index contributed by atoms with van der Waals surface area (Å²) in [4.78, 5) is 15.8. The van der Waals surface area contributed by atoms with Crippen LogP contribution in [0.4, 0.5) is 10.5 Å². The van der Waals surface area contributed by atoms with Gasteiger partial charge in [0.1, 0.15) is 0 Å². The van der Waals surface area contributed by atoms with Crippen LogP contribution in [0.5, 0.6) is 0 Å².